The Bertz CT molecular complexity index is 314. The Balaban J connectivity index is 3.23. The van der Waals surface area contributed by atoms with Crippen LogP contribution in [0.2, 0.25) is 0 Å². The smallest absolute Gasteiger partial charge is 0.258 e. The average Bonchev–Trinajstić information content (AvgIpc) is 2.04. The summed E-state index contributed by atoms with van der Waals surface area (Å²) >= 11 is 6.25. The molecule has 63 valence electrons. The Labute approximate surface area is 86.2 Å². The molecule has 0 aromatic heterocycles. The molecule has 0 unspecified atom stereocenters. The second-order valence-corrected chi connectivity index (χ2v) is 3.30. The number of rotatable bonds is 2. The maximum Gasteiger partial charge on any atom is 0.283 e. The zero-order valence-corrected chi connectivity index (χ0v) is 9.00. The van der Waals surface area contributed by atoms with E-state index >= 15 is 0 Å². The molecular formula is C7H4Br2NO2. The van der Waals surface area contributed by atoms with E-state index in [1.807, 2.05) is 0 Å². The molecule has 0 fully saturated rings. The molecule has 0 amide bonds. The Morgan fingerprint density at radius 2 is 2.17 bits per heavy atom. The van der Waals surface area contributed by atoms with Crippen molar-refractivity contribution >= 4 is 37.5 Å². The summed E-state index contributed by atoms with van der Waals surface area (Å²) in [7, 11) is 0. The molecular weight excluding hydrogens is 290 g/mol. The first-order valence-electron chi connectivity index (χ1n) is 3.03. The summed E-state index contributed by atoms with van der Waals surface area (Å²) in [6.45, 7) is 0. The minimum absolute atomic E-state index is 0.0724. The third kappa shape index (κ3) is 1.84. The average molecular weight is 294 g/mol. The number of benzene rings is 1. The zero-order valence-electron chi connectivity index (χ0n) is 5.83. The lowest BCUT2D eigenvalue weighted by atomic mass is 10.2. The molecule has 0 spiro atoms. The van der Waals surface area contributed by atoms with Gasteiger partial charge in [-0.1, -0.05) is 28.1 Å². The van der Waals surface area contributed by atoms with Gasteiger partial charge in [-0.2, -0.15) is 0 Å². The first-order valence-corrected chi connectivity index (χ1v) is 4.74. The fourth-order valence-corrected chi connectivity index (χ4v) is 1.97. The predicted molar refractivity (Wildman–Crippen MR) is 53.1 cm³/mol. The molecule has 0 aliphatic heterocycles. The van der Waals surface area contributed by atoms with Gasteiger partial charge in [0.1, 0.15) is 0 Å². The van der Waals surface area contributed by atoms with E-state index < -0.39 is 4.92 Å². The molecule has 0 bridgehead atoms. The number of nitro groups is 1. The van der Waals surface area contributed by atoms with E-state index in [0.29, 0.717) is 4.47 Å². The van der Waals surface area contributed by atoms with Gasteiger partial charge in [0, 0.05) is 6.07 Å². The van der Waals surface area contributed by atoms with E-state index in [1.165, 1.54) is 6.07 Å². The third-order valence-electron chi connectivity index (χ3n) is 1.32. The van der Waals surface area contributed by atoms with Crippen molar-refractivity contribution in [1.82, 2.24) is 0 Å². The Morgan fingerprint density at radius 1 is 1.50 bits per heavy atom. The molecule has 0 heterocycles. The fourth-order valence-electron chi connectivity index (χ4n) is 0.762. The Morgan fingerprint density at radius 3 is 2.67 bits per heavy atom. The van der Waals surface area contributed by atoms with Crippen LogP contribution in [-0.2, 0) is 0 Å². The number of hydrogen-bond donors (Lipinski definition) is 0. The van der Waals surface area contributed by atoms with E-state index in [1.54, 1.807) is 17.5 Å². The molecule has 1 rings (SSSR count). The summed E-state index contributed by atoms with van der Waals surface area (Å²) in [6.07, 6.45) is 0. The molecule has 0 aliphatic rings. The van der Waals surface area contributed by atoms with Crippen molar-refractivity contribution in [3.63, 3.8) is 0 Å². The standard InChI is InChI=1S/C7H4Br2NO2/c8-4-5-2-1-3-6(7(5)9)10(11)12/h1-4H. The molecule has 1 aromatic rings. The Kier molecular flexibility index (Phi) is 3.22. The number of nitrogens with zero attached hydrogens (tertiary/aromatic N) is 1. The van der Waals surface area contributed by atoms with E-state index in [-0.39, 0.29) is 5.69 Å². The summed E-state index contributed by atoms with van der Waals surface area (Å²) in [6, 6.07) is 4.85. The highest BCUT2D eigenvalue weighted by Gasteiger charge is 2.13. The summed E-state index contributed by atoms with van der Waals surface area (Å²) in [5, 5.41) is 12.1. The summed E-state index contributed by atoms with van der Waals surface area (Å²) in [5.74, 6) is 0. The van der Waals surface area contributed by atoms with Gasteiger partial charge in [0.05, 0.1) is 14.7 Å². The van der Waals surface area contributed by atoms with Crippen LogP contribution in [0, 0.1) is 15.4 Å². The topological polar surface area (TPSA) is 43.1 Å². The fraction of sp³-hybridized carbons (Fsp3) is 0. The highest BCUT2D eigenvalue weighted by Crippen LogP contribution is 2.29. The number of hydrogen-bond acceptors (Lipinski definition) is 2. The van der Waals surface area contributed by atoms with Gasteiger partial charge < -0.3 is 0 Å². The molecule has 12 heavy (non-hydrogen) atoms. The highest BCUT2D eigenvalue weighted by molar-refractivity contribution is 9.11. The van der Waals surface area contributed by atoms with E-state index in [0.717, 1.165) is 5.56 Å². The normalized spacial score (nSPS) is 9.83. The van der Waals surface area contributed by atoms with Crippen molar-refractivity contribution in [2.75, 3.05) is 0 Å². The van der Waals surface area contributed by atoms with Gasteiger partial charge in [-0.15, -0.1) is 0 Å². The van der Waals surface area contributed by atoms with Crippen molar-refractivity contribution in [1.29, 1.82) is 0 Å². The predicted octanol–water partition coefficient (Wildman–Crippen LogP) is 3.26. The first-order chi connectivity index (χ1) is 5.66. The van der Waals surface area contributed by atoms with Crippen LogP contribution < -0.4 is 0 Å². The van der Waals surface area contributed by atoms with Gasteiger partial charge in [0.15, 0.2) is 0 Å². The molecule has 0 saturated heterocycles. The lowest BCUT2D eigenvalue weighted by Crippen LogP contribution is -1.90. The molecule has 1 aromatic carbocycles. The monoisotopic (exact) mass is 292 g/mol. The van der Waals surface area contributed by atoms with Gasteiger partial charge in [-0.25, -0.2) is 0 Å². The van der Waals surface area contributed by atoms with Crippen molar-refractivity contribution in [3.05, 3.63) is 43.7 Å². The first kappa shape index (κ1) is 9.67. The molecule has 0 atom stereocenters. The summed E-state index contributed by atoms with van der Waals surface area (Å²) < 4.78 is 0.492. The van der Waals surface area contributed by atoms with Crippen molar-refractivity contribution in [3.8, 4) is 0 Å². The van der Waals surface area contributed by atoms with Crippen molar-refractivity contribution in [2.24, 2.45) is 0 Å². The van der Waals surface area contributed by atoms with Gasteiger partial charge in [0.2, 0.25) is 0 Å². The lowest BCUT2D eigenvalue weighted by molar-refractivity contribution is -0.385. The summed E-state index contributed by atoms with van der Waals surface area (Å²) in [4.78, 5) is 10.0. The molecule has 5 heteroatoms. The largest absolute Gasteiger partial charge is 0.283 e. The van der Waals surface area contributed by atoms with Gasteiger partial charge in [0.25, 0.3) is 5.69 Å². The third-order valence-corrected chi connectivity index (χ3v) is 2.68. The second kappa shape index (κ2) is 4.00. The van der Waals surface area contributed by atoms with Crippen LogP contribution in [-0.4, -0.2) is 4.92 Å². The molecule has 3 nitrogen and oxygen atoms in total. The maximum absolute atomic E-state index is 10.4. The number of halogens is 2. The van der Waals surface area contributed by atoms with E-state index in [2.05, 4.69) is 31.9 Å². The maximum atomic E-state index is 10.4. The van der Waals surface area contributed by atoms with Gasteiger partial charge in [-0.05, 0) is 21.5 Å². The molecule has 0 saturated carbocycles. The highest BCUT2D eigenvalue weighted by atomic mass is 79.9. The van der Waals surface area contributed by atoms with E-state index in [4.69, 9.17) is 0 Å². The van der Waals surface area contributed by atoms with Crippen molar-refractivity contribution < 1.29 is 4.92 Å². The van der Waals surface area contributed by atoms with Gasteiger partial charge >= 0.3 is 0 Å². The van der Waals surface area contributed by atoms with Crippen LogP contribution in [0.3, 0.4) is 0 Å². The minimum Gasteiger partial charge on any atom is -0.258 e. The second-order valence-electron chi connectivity index (χ2n) is 2.05. The van der Waals surface area contributed by atoms with Crippen LogP contribution in [0.25, 0.3) is 0 Å². The van der Waals surface area contributed by atoms with Crippen LogP contribution in [0.15, 0.2) is 22.7 Å². The van der Waals surface area contributed by atoms with Crippen LogP contribution in [0.4, 0.5) is 5.69 Å². The zero-order chi connectivity index (χ0) is 9.14. The van der Waals surface area contributed by atoms with Crippen LogP contribution in [0.5, 0.6) is 0 Å². The SMILES string of the molecule is O=[N+]([O-])c1cccc([CH]Br)c1Br. The van der Waals surface area contributed by atoms with Crippen molar-refractivity contribution in [2.45, 2.75) is 0 Å². The number of nitro benzene ring substituents is 1. The molecule has 1 radical (unpaired) electrons. The van der Waals surface area contributed by atoms with E-state index in [9.17, 15) is 10.1 Å². The molecule has 0 N–H and O–H groups in total. The lowest BCUT2D eigenvalue weighted by Gasteiger charge is -1.99. The molecule has 0 aliphatic carbocycles. The summed E-state index contributed by atoms with van der Waals surface area (Å²) in [5.41, 5.74) is 0.826. The van der Waals surface area contributed by atoms with Crippen LogP contribution in [0.1, 0.15) is 5.56 Å². The Hall–Kier alpha value is -0.420. The van der Waals surface area contributed by atoms with Gasteiger partial charge in [-0.3, -0.25) is 10.1 Å². The van der Waals surface area contributed by atoms with Crippen LogP contribution >= 0.6 is 31.9 Å². The minimum atomic E-state index is -0.427. The quantitative estimate of drug-likeness (QED) is 0.620.